The maximum atomic E-state index is 4.75. The molecule has 21 heavy (non-hydrogen) atoms. The summed E-state index contributed by atoms with van der Waals surface area (Å²) >= 11 is 0. The Kier molecular flexibility index (Phi) is 7.83. The molecule has 4 heteroatoms. The van der Waals surface area contributed by atoms with Gasteiger partial charge in [-0.2, -0.15) is 0 Å². The minimum Gasteiger partial charge on any atom is -0.357 e. The second kappa shape index (κ2) is 9.40. The molecule has 0 saturated heterocycles. The van der Waals surface area contributed by atoms with Crippen molar-refractivity contribution in [3.8, 4) is 0 Å². The summed E-state index contributed by atoms with van der Waals surface area (Å²) in [5, 5.41) is 6.75. The van der Waals surface area contributed by atoms with Crippen LogP contribution in [-0.4, -0.2) is 44.1 Å². The molecule has 0 spiro atoms. The number of rotatable bonds is 7. The molecule has 0 bridgehead atoms. The molecule has 2 N–H and O–H groups in total. The summed E-state index contributed by atoms with van der Waals surface area (Å²) in [7, 11) is 4.20. The fourth-order valence-electron chi connectivity index (χ4n) is 2.08. The summed E-state index contributed by atoms with van der Waals surface area (Å²) in [6, 6.07) is 11.3. The van der Waals surface area contributed by atoms with E-state index in [2.05, 4.69) is 74.7 Å². The number of likely N-dealkylation sites (N-methyl/N-ethyl adjacent to an activating group) is 1. The summed E-state index contributed by atoms with van der Waals surface area (Å²) in [6.07, 6.45) is 1.08. The van der Waals surface area contributed by atoms with Crippen molar-refractivity contribution in [2.75, 3.05) is 27.2 Å². The van der Waals surface area contributed by atoms with Crippen LogP contribution in [0.3, 0.4) is 0 Å². The zero-order valence-electron chi connectivity index (χ0n) is 14.1. The van der Waals surface area contributed by atoms with Crippen LogP contribution >= 0.6 is 0 Å². The quantitative estimate of drug-likeness (QED) is 0.599. The third-order valence-electron chi connectivity index (χ3n) is 3.57. The van der Waals surface area contributed by atoms with Crippen molar-refractivity contribution in [1.29, 1.82) is 0 Å². The highest BCUT2D eigenvalue weighted by Crippen LogP contribution is 2.17. The molecule has 0 amide bonds. The summed E-state index contributed by atoms with van der Waals surface area (Å²) in [5.74, 6) is 0.898. The Hall–Kier alpha value is -1.55. The van der Waals surface area contributed by atoms with E-state index in [1.165, 1.54) is 5.56 Å². The molecule has 1 aromatic rings. The normalized spacial score (nSPS) is 14.9. The highest BCUT2D eigenvalue weighted by atomic mass is 15.2. The lowest BCUT2D eigenvalue weighted by Crippen LogP contribution is -2.42. The lowest BCUT2D eigenvalue weighted by Gasteiger charge is -2.24. The Morgan fingerprint density at radius 3 is 2.38 bits per heavy atom. The lowest BCUT2D eigenvalue weighted by atomic mass is 10.1. The number of aliphatic imine (C=N–C) groups is 1. The van der Waals surface area contributed by atoms with Crippen LogP contribution in [0.15, 0.2) is 35.3 Å². The predicted octanol–water partition coefficient (Wildman–Crippen LogP) is 2.64. The van der Waals surface area contributed by atoms with Crippen LogP contribution in [0.4, 0.5) is 0 Å². The van der Waals surface area contributed by atoms with E-state index < -0.39 is 0 Å². The molecule has 0 aliphatic rings. The van der Waals surface area contributed by atoms with Gasteiger partial charge >= 0.3 is 0 Å². The summed E-state index contributed by atoms with van der Waals surface area (Å²) in [4.78, 5) is 6.97. The minimum atomic E-state index is 0.290. The highest BCUT2D eigenvalue weighted by molar-refractivity contribution is 5.80. The van der Waals surface area contributed by atoms with E-state index in [1.807, 2.05) is 6.07 Å². The smallest absolute Gasteiger partial charge is 0.191 e. The second-order valence-electron chi connectivity index (χ2n) is 5.56. The molecule has 2 atom stereocenters. The number of nitrogens with one attached hydrogen (secondary N) is 2. The lowest BCUT2D eigenvalue weighted by molar-refractivity contribution is 0.306. The maximum absolute atomic E-state index is 4.75. The fraction of sp³-hybridized carbons (Fsp3) is 0.588. The van der Waals surface area contributed by atoms with Gasteiger partial charge in [0.1, 0.15) is 0 Å². The molecule has 1 aromatic carbocycles. The van der Waals surface area contributed by atoms with Crippen molar-refractivity contribution >= 4 is 5.96 Å². The largest absolute Gasteiger partial charge is 0.357 e. The Labute approximate surface area is 129 Å². The van der Waals surface area contributed by atoms with Crippen LogP contribution in [0, 0.1) is 0 Å². The molecule has 0 heterocycles. The van der Waals surface area contributed by atoms with Crippen molar-refractivity contribution in [1.82, 2.24) is 15.5 Å². The Balaban J connectivity index is 2.79. The first-order valence-electron chi connectivity index (χ1n) is 7.84. The van der Waals surface area contributed by atoms with Crippen LogP contribution in [0.2, 0.25) is 0 Å². The third kappa shape index (κ3) is 6.17. The molecular formula is C17H30N4. The van der Waals surface area contributed by atoms with Gasteiger partial charge in [-0.1, -0.05) is 37.3 Å². The maximum Gasteiger partial charge on any atom is 0.191 e. The predicted molar refractivity (Wildman–Crippen MR) is 91.7 cm³/mol. The summed E-state index contributed by atoms with van der Waals surface area (Å²) in [5.41, 5.74) is 1.30. The number of benzene rings is 1. The van der Waals surface area contributed by atoms with E-state index in [1.54, 1.807) is 0 Å². The molecule has 4 nitrogen and oxygen atoms in total. The number of guanidine groups is 1. The second-order valence-corrected chi connectivity index (χ2v) is 5.56. The summed E-state index contributed by atoms with van der Waals surface area (Å²) < 4.78 is 0. The van der Waals surface area contributed by atoms with Gasteiger partial charge in [0.15, 0.2) is 5.96 Å². The molecule has 0 aliphatic heterocycles. The minimum absolute atomic E-state index is 0.290. The molecule has 1 rings (SSSR count). The van der Waals surface area contributed by atoms with Gasteiger partial charge in [0.05, 0.1) is 12.6 Å². The van der Waals surface area contributed by atoms with E-state index in [-0.39, 0.29) is 0 Å². The number of nitrogens with zero attached hydrogens (tertiary/aromatic N) is 2. The van der Waals surface area contributed by atoms with Gasteiger partial charge in [-0.3, -0.25) is 4.99 Å². The molecule has 0 aliphatic carbocycles. The SMILES string of the molecule is CCNC(=NCC(c1ccccc1)N(C)C)NC(C)CC. The van der Waals surface area contributed by atoms with Crippen molar-refractivity contribution in [2.24, 2.45) is 4.99 Å². The molecule has 0 fully saturated rings. The van der Waals surface area contributed by atoms with E-state index in [0.717, 1.165) is 25.5 Å². The first-order valence-corrected chi connectivity index (χ1v) is 7.84. The molecular weight excluding hydrogens is 260 g/mol. The summed E-state index contributed by atoms with van der Waals surface area (Å²) in [6.45, 7) is 8.05. The van der Waals surface area contributed by atoms with Crippen LogP contribution in [0.1, 0.15) is 38.8 Å². The van der Waals surface area contributed by atoms with Crippen LogP contribution in [0.25, 0.3) is 0 Å². The number of hydrogen-bond acceptors (Lipinski definition) is 2. The van der Waals surface area contributed by atoms with E-state index >= 15 is 0 Å². The van der Waals surface area contributed by atoms with E-state index in [0.29, 0.717) is 12.1 Å². The van der Waals surface area contributed by atoms with Crippen molar-refractivity contribution < 1.29 is 0 Å². The standard InChI is InChI=1S/C17H30N4/c1-6-14(3)20-17(18-7-2)19-13-16(21(4)5)15-11-9-8-10-12-15/h8-12,14,16H,6-7,13H2,1-5H3,(H2,18,19,20). The molecule has 0 aromatic heterocycles. The average Bonchev–Trinajstić information content (AvgIpc) is 2.48. The van der Waals surface area contributed by atoms with E-state index in [9.17, 15) is 0 Å². The van der Waals surface area contributed by atoms with Crippen molar-refractivity contribution in [2.45, 2.75) is 39.3 Å². The van der Waals surface area contributed by atoms with Gasteiger partial charge in [-0.25, -0.2) is 0 Å². The first kappa shape index (κ1) is 17.5. The van der Waals surface area contributed by atoms with Crippen molar-refractivity contribution in [3.63, 3.8) is 0 Å². The molecule has 0 saturated carbocycles. The van der Waals surface area contributed by atoms with E-state index in [4.69, 9.17) is 4.99 Å². The van der Waals surface area contributed by atoms with Gasteiger partial charge in [0, 0.05) is 12.6 Å². The molecule has 0 radical (unpaired) electrons. The third-order valence-corrected chi connectivity index (χ3v) is 3.57. The Morgan fingerprint density at radius 1 is 1.19 bits per heavy atom. The van der Waals surface area contributed by atoms with Gasteiger partial charge < -0.3 is 15.5 Å². The van der Waals surface area contributed by atoms with Gasteiger partial charge in [-0.15, -0.1) is 0 Å². The Bertz CT molecular complexity index is 414. The van der Waals surface area contributed by atoms with Crippen LogP contribution in [0.5, 0.6) is 0 Å². The molecule has 118 valence electrons. The first-order chi connectivity index (χ1) is 10.1. The average molecular weight is 290 g/mol. The zero-order valence-corrected chi connectivity index (χ0v) is 14.1. The zero-order chi connectivity index (χ0) is 15.7. The Morgan fingerprint density at radius 2 is 1.86 bits per heavy atom. The van der Waals surface area contributed by atoms with Crippen LogP contribution in [-0.2, 0) is 0 Å². The topological polar surface area (TPSA) is 39.7 Å². The van der Waals surface area contributed by atoms with Crippen molar-refractivity contribution in [3.05, 3.63) is 35.9 Å². The van der Waals surface area contributed by atoms with Gasteiger partial charge in [0.2, 0.25) is 0 Å². The molecule has 2 unspecified atom stereocenters. The number of hydrogen-bond donors (Lipinski definition) is 2. The van der Waals surface area contributed by atoms with Gasteiger partial charge in [0.25, 0.3) is 0 Å². The van der Waals surface area contributed by atoms with Gasteiger partial charge in [-0.05, 0) is 39.9 Å². The highest BCUT2D eigenvalue weighted by Gasteiger charge is 2.13. The fourth-order valence-corrected chi connectivity index (χ4v) is 2.08. The van der Waals surface area contributed by atoms with Crippen LogP contribution < -0.4 is 10.6 Å². The monoisotopic (exact) mass is 290 g/mol.